The van der Waals surface area contributed by atoms with Crippen LogP contribution >= 0.6 is 0 Å². The van der Waals surface area contributed by atoms with Crippen LogP contribution in [0.1, 0.15) is 18.2 Å². The van der Waals surface area contributed by atoms with Crippen LogP contribution < -0.4 is 10.5 Å². The fourth-order valence-corrected chi connectivity index (χ4v) is 2.51. The van der Waals surface area contributed by atoms with Crippen molar-refractivity contribution in [2.45, 2.75) is 30.8 Å². The molecule has 0 spiro atoms. The number of primary sulfonamides is 1. The average Bonchev–Trinajstić information content (AvgIpc) is 2.88. The Balaban J connectivity index is 1.94. The molecule has 0 radical (unpaired) electrons. The molecule has 0 aliphatic carbocycles. The number of hydrogen-bond acceptors (Lipinski definition) is 4. The zero-order valence-corrected chi connectivity index (χ0v) is 12.1. The third-order valence-corrected chi connectivity index (χ3v) is 3.88. The van der Waals surface area contributed by atoms with Gasteiger partial charge in [0.15, 0.2) is 0 Å². The van der Waals surface area contributed by atoms with Crippen LogP contribution in [-0.4, -0.2) is 14.5 Å². The molecule has 2 rings (SSSR count). The molecule has 0 fully saturated rings. The van der Waals surface area contributed by atoms with Crippen LogP contribution in [0.15, 0.2) is 52.0 Å². The largest absolute Gasteiger partial charge is 0.469 e. The van der Waals surface area contributed by atoms with Gasteiger partial charge in [0.25, 0.3) is 0 Å². The van der Waals surface area contributed by atoms with E-state index in [2.05, 4.69) is 5.32 Å². The minimum absolute atomic E-state index is 0.135. The molecule has 1 atom stereocenters. The molecule has 1 unspecified atom stereocenters. The van der Waals surface area contributed by atoms with Crippen molar-refractivity contribution in [2.75, 3.05) is 0 Å². The van der Waals surface area contributed by atoms with Gasteiger partial charge >= 0.3 is 0 Å². The van der Waals surface area contributed by atoms with Gasteiger partial charge < -0.3 is 9.73 Å². The van der Waals surface area contributed by atoms with E-state index in [0.29, 0.717) is 6.54 Å². The second-order valence-corrected chi connectivity index (χ2v) is 6.32. The minimum Gasteiger partial charge on any atom is -0.469 e. The maximum Gasteiger partial charge on any atom is 0.238 e. The summed E-state index contributed by atoms with van der Waals surface area (Å²) < 4.78 is 27.8. The molecular formula is C14H18N2O3S. The minimum atomic E-state index is -3.65. The number of sulfonamides is 1. The van der Waals surface area contributed by atoms with E-state index in [1.165, 1.54) is 6.07 Å². The van der Waals surface area contributed by atoms with Gasteiger partial charge in [0.2, 0.25) is 10.0 Å². The van der Waals surface area contributed by atoms with Crippen LogP contribution in [0.2, 0.25) is 0 Å². The highest BCUT2D eigenvalue weighted by Crippen LogP contribution is 2.10. The zero-order chi connectivity index (χ0) is 14.6. The topological polar surface area (TPSA) is 85.3 Å². The molecule has 5 nitrogen and oxygen atoms in total. The Morgan fingerprint density at radius 3 is 2.75 bits per heavy atom. The first kappa shape index (κ1) is 14.8. The van der Waals surface area contributed by atoms with Crippen LogP contribution in [0.3, 0.4) is 0 Å². The SMILES string of the molecule is CC(Cc1ccco1)NCc1cccc(S(N)(=O)=O)c1. The number of furan rings is 1. The Hall–Kier alpha value is -1.63. The first-order valence-corrected chi connectivity index (χ1v) is 7.87. The molecule has 0 amide bonds. The van der Waals surface area contributed by atoms with Gasteiger partial charge in [-0.25, -0.2) is 13.6 Å². The smallest absolute Gasteiger partial charge is 0.238 e. The van der Waals surface area contributed by atoms with Crippen molar-refractivity contribution in [3.05, 3.63) is 54.0 Å². The van der Waals surface area contributed by atoms with Crippen LogP contribution in [0.25, 0.3) is 0 Å². The lowest BCUT2D eigenvalue weighted by atomic mass is 10.1. The van der Waals surface area contributed by atoms with Gasteiger partial charge in [-0.15, -0.1) is 0 Å². The lowest BCUT2D eigenvalue weighted by molar-refractivity contribution is 0.456. The third kappa shape index (κ3) is 4.19. The van der Waals surface area contributed by atoms with Gasteiger partial charge in [-0.1, -0.05) is 12.1 Å². The summed E-state index contributed by atoms with van der Waals surface area (Å²) in [5, 5.41) is 8.43. The van der Waals surface area contributed by atoms with E-state index in [1.54, 1.807) is 18.4 Å². The Kier molecular flexibility index (Phi) is 4.59. The summed E-state index contributed by atoms with van der Waals surface area (Å²) in [4.78, 5) is 0.135. The van der Waals surface area contributed by atoms with Crippen molar-refractivity contribution in [2.24, 2.45) is 5.14 Å². The summed E-state index contributed by atoms with van der Waals surface area (Å²) in [6, 6.07) is 10.6. The lowest BCUT2D eigenvalue weighted by Crippen LogP contribution is -2.27. The van der Waals surface area contributed by atoms with Crippen LogP contribution in [0, 0.1) is 0 Å². The highest BCUT2D eigenvalue weighted by Gasteiger charge is 2.09. The van der Waals surface area contributed by atoms with Gasteiger partial charge in [-0.2, -0.15) is 0 Å². The predicted octanol–water partition coefficient (Wildman–Crippen LogP) is 1.65. The molecule has 108 valence electrons. The monoisotopic (exact) mass is 294 g/mol. The molecule has 0 saturated carbocycles. The Bertz CT molecular complexity index is 651. The fraction of sp³-hybridized carbons (Fsp3) is 0.286. The number of benzene rings is 1. The number of rotatable bonds is 6. The van der Waals surface area contributed by atoms with E-state index in [4.69, 9.17) is 9.56 Å². The van der Waals surface area contributed by atoms with E-state index in [9.17, 15) is 8.42 Å². The summed E-state index contributed by atoms with van der Waals surface area (Å²) in [6.45, 7) is 2.62. The Morgan fingerprint density at radius 2 is 2.10 bits per heavy atom. The van der Waals surface area contributed by atoms with Crippen molar-refractivity contribution in [1.29, 1.82) is 0 Å². The molecule has 0 aliphatic rings. The summed E-state index contributed by atoms with van der Waals surface area (Å²) in [5.41, 5.74) is 0.878. The number of nitrogens with two attached hydrogens (primary N) is 1. The van der Waals surface area contributed by atoms with Gasteiger partial charge in [0.05, 0.1) is 11.2 Å². The summed E-state index contributed by atoms with van der Waals surface area (Å²) >= 11 is 0. The molecule has 3 N–H and O–H groups in total. The molecule has 2 aromatic rings. The van der Waals surface area contributed by atoms with E-state index in [0.717, 1.165) is 17.7 Å². The molecule has 0 bridgehead atoms. The maximum absolute atomic E-state index is 11.3. The molecule has 1 heterocycles. The first-order chi connectivity index (χ1) is 9.45. The predicted molar refractivity (Wildman–Crippen MR) is 76.5 cm³/mol. The van der Waals surface area contributed by atoms with Crippen molar-refractivity contribution < 1.29 is 12.8 Å². The van der Waals surface area contributed by atoms with E-state index in [-0.39, 0.29) is 10.9 Å². The maximum atomic E-state index is 11.3. The quantitative estimate of drug-likeness (QED) is 0.848. The normalized spacial score (nSPS) is 13.3. The Morgan fingerprint density at radius 1 is 1.30 bits per heavy atom. The Labute approximate surface area is 118 Å². The second-order valence-electron chi connectivity index (χ2n) is 4.76. The number of nitrogens with one attached hydrogen (secondary N) is 1. The second kappa shape index (κ2) is 6.21. The zero-order valence-electron chi connectivity index (χ0n) is 11.2. The summed E-state index contributed by atoms with van der Waals surface area (Å²) in [6.07, 6.45) is 2.43. The average molecular weight is 294 g/mol. The van der Waals surface area contributed by atoms with E-state index < -0.39 is 10.0 Å². The van der Waals surface area contributed by atoms with Gasteiger partial charge in [0, 0.05) is 19.0 Å². The summed E-state index contributed by atoms with van der Waals surface area (Å²) in [5.74, 6) is 0.920. The number of hydrogen-bond donors (Lipinski definition) is 2. The molecule has 0 saturated heterocycles. The van der Waals surface area contributed by atoms with Crippen molar-refractivity contribution in [3.63, 3.8) is 0 Å². The third-order valence-electron chi connectivity index (χ3n) is 2.97. The van der Waals surface area contributed by atoms with E-state index >= 15 is 0 Å². The molecule has 1 aromatic heterocycles. The van der Waals surface area contributed by atoms with Gasteiger partial charge in [-0.05, 0) is 36.8 Å². The lowest BCUT2D eigenvalue weighted by Gasteiger charge is -2.12. The van der Waals surface area contributed by atoms with E-state index in [1.807, 2.05) is 25.1 Å². The first-order valence-electron chi connectivity index (χ1n) is 6.32. The molecule has 0 aliphatic heterocycles. The van der Waals surface area contributed by atoms with Crippen LogP contribution in [0.4, 0.5) is 0 Å². The van der Waals surface area contributed by atoms with Crippen LogP contribution in [0.5, 0.6) is 0 Å². The van der Waals surface area contributed by atoms with Crippen molar-refractivity contribution in [1.82, 2.24) is 5.32 Å². The van der Waals surface area contributed by atoms with Crippen molar-refractivity contribution in [3.8, 4) is 0 Å². The van der Waals surface area contributed by atoms with Crippen molar-refractivity contribution >= 4 is 10.0 Å². The fourth-order valence-electron chi connectivity index (χ4n) is 1.93. The standard InChI is InChI=1S/C14H18N2O3S/c1-11(8-13-5-3-7-19-13)16-10-12-4-2-6-14(9-12)20(15,17)18/h2-7,9,11,16H,8,10H2,1H3,(H2,15,17,18). The van der Waals surface area contributed by atoms with Gasteiger partial charge in [-0.3, -0.25) is 0 Å². The van der Waals surface area contributed by atoms with Crippen LogP contribution in [-0.2, 0) is 23.0 Å². The highest BCUT2D eigenvalue weighted by molar-refractivity contribution is 7.89. The molecular weight excluding hydrogens is 276 g/mol. The highest BCUT2D eigenvalue weighted by atomic mass is 32.2. The molecule has 6 heteroatoms. The molecule has 20 heavy (non-hydrogen) atoms. The van der Waals surface area contributed by atoms with Gasteiger partial charge in [0.1, 0.15) is 5.76 Å². The summed E-state index contributed by atoms with van der Waals surface area (Å²) in [7, 11) is -3.65. The molecule has 1 aromatic carbocycles.